The molecule has 0 radical (unpaired) electrons. The Morgan fingerprint density at radius 1 is 0.611 bits per heavy atom. The number of hydrogen-bond acceptors (Lipinski definition) is 0. The summed E-state index contributed by atoms with van der Waals surface area (Å²) in [5.74, 6) is 2.07. The summed E-state index contributed by atoms with van der Waals surface area (Å²) in [6, 6.07) is 14.4. The zero-order chi connectivity index (χ0) is 25.7. The Bertz CT molecular complexity index is 1440. The number of rotatable bonds is 7. The molecule has 5 heteroatoms. The lowest BCUT2D eigenvalue weighted by Gasteiger charge is -2.09. The highest BCUT2D eigenvalue weighted by Crippen LogP contribution is 2.22. The molecule has 0 atom stereocenters. The number of unbranched alkanes of at least 4 members (excludes halogenated alkanes) is 2. The van der Waals surface area contributed by atoms with Crippen LogP contribution in [0.2, 0.25) is 0 Å². The SMILES string of the molecule is CCCCCc1cc(F)c(CCc2ccc(C#Cc3ccc4c(F)c(F)ccc4c3)c(F)c2)c(F)c1. The molecule has 0 aliphatic rings. The molecule has 0 saturated heterocycles. The molecule has 0 heterocycles. The summed E-state index contributed by atoms with van der Waals surface area (Å²) in [6.45, 7) is 2.07. The smallest absolute Gasteiger partial charge is 0.166 e. The molecule has 0 saturated carbocycles. The van der Waals surface area contributed by atoms with Crippen molar-refractivity contribution in [1.82, 2.24) is 0 Å². The van der Waals surface area contributed by atoms with E-state index in [0.29, 0.717) is 28.5 Å². The molecule has 0 aromatic heterocycles. The quantitative estimate of drug-likeness (QED) is 0.138. The van der Waals surface area contributed by atoms with Gasteiger partial charge in [-0.3, -0.25) is 0 Å². The van der Waals surface area contributed by atoms with E-state index in [1.54, 1.807) is 18.2 Å². The highest BCUT2D eigenvalue weighted by molar-refractivity contribution is 5.84. The van der Waals surface area contributed by atoms with Gasteiger partial charge in [-0.2, -0.15) is 0 Å². The summed E-state index contributed by atoms with van der Waals surface area (Å²) in [5.41, 5.74) is 1.96. The second-order valence-electron chi connectivity index (χ2n) is 8.86. The van der Waals surface area contributed by atoms with Crippen LogP contribution in [0.5, 0.6) is 0 Å². The number of halogens is 5. The average molecular weight is 493 g/mol. The number of aryl methyl sites for hydroxylation is 2. The number of hydrogen-bond donors (Lipinski definition) is 0. The summed E-state index contributed by atoms with van der Waals surface area (Å²) < 4.78 is 70.9. The largest absolute Gasteiger partial charge is 0.207 e. The maximum absolute atomic E-state index is 14.6. The van der Waals surface area contributed by atoms with Gasteiger partial charge in [0.2, 0.25) is 0 Å². The standard InChI is InChI=1S/C31H25F5/c1-2-3-4-5-22-18-29(34)26(30(35)19-22)14-9-21-7-11-23(28(33)17-21)10-6-20-8-13-25-24(16-20)12-15-27(32)31(25)36/h7-8,11-13,15-19H,2-5,9,14H2,1H3. The van der Waals surface area contributed by atoms with Gasteiger partial charge < -0.3 is 0 Å². The predicted octanol–water partition coefficient (Wildman–Crippen LogP) is 8.45. The fraction of sp³-hybridized carbons (Fsp3) is 0.226. The number of fused-ring (bicyclic) bond motifs is 1. The second-order valence-corrected chi connectivity index (χ2v) is 8.86. The van der Waals surface area contributed by atoms with Crippen LogP contribution in [0, 0.1) is 40.9 Å². The Balaban J connectivity index is 1.45. The van der Waals surface area contributed by atoms with Crippen molar-refractivity contribution in [3.05, 3.63) is 118 Å². The molecule has 36 heavy (non-hydrogen) atoms. The van der Waals surface area contributed by atoms with E-state index >= 15 is 0 Å². The van der Waals surface area contributed by atoms with Crippen LogP contribution in [0.1, 0.15) is 54.0 Å². The summed E-state index contributed by atoms with van der Waals surface area (Å²) in [6.07, 6.45) is 3.98. The highest BCUT2D eigenvalue weighted by Gasteiger charge is 2.12. The Hall–Kier alpha value is -3.65. The van der Waals surface area contributed by atoms with Crippen LogP contribution in [-0.4, -0.2) is 0 Å². The molecular weight excluding hydrogens is 467 g/mol. The Kier molecular flexibility index (Phi) is 8.05. The molecule has 184 valence electrons. The van der Waals surface area contributed by atoms with E-state index in [0.717, 1.165) is 25.3 Å². The van der Waals surface area contributed by atoms with Crippen LogP contribution >= 0.6 is 0 Å². The van der Waals surface area contributed by atoms with Crippen molar-refractivity contribution in [3.63, 3.8) is 0 Å². The van der Waals surface area contributed by atoms with Gasteiger partial charge >= 0.3 is 0 Å². The maximum Gasteiger partial charge on any atom is 0.166 e. The van der Waals surface area contributed by atoms with Gasteiger partial charge in [0.15, 0.2) is 11.6 Å². The fourth-order valence-electron chi connectivity index (χ4n) is 4.19. The molecule has 0 unspecified atom stereocenters. The Morgan fingerprint density at radius 2 is 1.36 bits per heavy atom. The monoisotopic (exact) mass is 492 g/mol. The van der Waals surface area contributed by atoms with Crippen LogP contribution in [0.15, 0.2) is 60.7 Å². The van der Waals surface area contributed by atoms with Crippen molar-refractivity contribution in [2.45, 2.75) is 45.4 Å². The molecule has 0 aliphatic heterocycles. The normalized spacial score (nSPS) is 10.9. The van der Waals surface area contributed by atoms with E-state index in [-0.39, 0.29) is 29.4 Å². The van der Waals surface area contributed by atoms with Gasteiger partial charge in [-0.25, -0.2) is 22.0 Å². The van der Waals surface area contributed by atoms with E-state index < -0.39 is 29.1 Å². The van der Waals surface area contributed by atoms with E-state index in [4.69, 9.17) is 0 Å². The van der Waals surface area contributed by atoms with E-state index in [1.807, 2.05) is 0 Å². The van der Waals surface area contributed by atoms with E-state index in [2.05, 4.69) is 18.8 Å². The molecule has 0 aliphatic carbocycles. The molecule has 0 spiro atoms. The van der Waals surface area contributed by atoms with Crippen molar-refractivity contribution in [1.29, 1.82) is 0 Å². The van der Waals surface area contributed by atoms with Gasteiger partial charge in [0, 0.05) is 16.5 Å². The third-order valence-corrected chi connectivity index (χ3v) is 6.22. The van der Waals surface area contributed by atoms with Crippen LogP contribution in [0.4, 0.5) is 22.0 Å². The Labute approximate surface area is 207 Å². The minimum atomic E-state index is -0.923. The minimum Gasteiger partial charge on any atom is -0.207 e. The van der Waals surface area contributed by atoms with Crippen molar-refractivity contribution in [2.75, 3.05) is 0 Å². The molecule has 0 amide bonds. The first-order valence-electron chi connectivity index (χ1n) is 12.0. The topological polar surface area (TPSA) is 0 Å². The van der Waals surface area contributed by atoms with Crippen LogP contribution in [-0.2, 0) is 19.3 Å². The molecule has 4 aromatic carbocycles. The van der Waals surface area contributed by atoms with Gasteiger partial charge in [-0.1, -0.05) is 49.8 Å². The van der Waals surface area contributed by atoms with Gasteiger partial charge in [-0.15, -0.1) is 0 Å². The molecule has 4 aromatic rings. The third-order valence-electron chi connectivity index (χ3n) is 6.22. The molecule has 4 rings (SSSR count). The van der Waals surface area contributed by atoms with Crippen LogP contribution in [0.25, 0.3) is 10.8 Å². The summed E-state index contributed by atoms with van der Waals surface area (Å²) in [7, 11) is 0. The molecule has 0 N–H and O–H groups in total. The lowest BCUT2D eigenvalue weighted by Crippen LogP contribution is -2.02. The van der Waals surface area contributed by atoms with E-state index in [9.17, 15) is 22.0 Å². The van der Waals surface area contributed by atoms with Gasteiger partial charge in [0.25, 0.3) is 0 Å². The average Bonchev–Trinajstić information content (AvgIpc) is 2.85. The predicted molar refractivity (Wildman–Crippen MR) is 133 cm³/mol. The summed E-state index contributed by atoms with van der Waals surface area (Å²) in [4.78, 5) is 0. The first kappa shape index (κ1) is 25.4. The van der Waals surface area contributed by atoms with Crippen molar-refractivity contribution in [3.8, 4) is 11.8 Å². The second kappa shape index (κ2) is 11.4. The molecule has 0 bridgehead atoms. The maximum atomic E-state index is 14.6. The third kappa shape index (κ3) is 5.94. The van der Waals surface area contributed by atoms with Crippen LogP contribution < -0.4 is 0 Å². The van der Waals surface area contributed by atoms with Crippen LogP contribution in [0.3, 0.4) is 0 Å². The van der Waals surface area contributed by atoms with Gasteiger partial charge in [0.05, 0.1) is 5.56 Å². The van der Waals surface area contributed by atoms with Gasteiger partial charge in [0.1, 0.15) is 17.5 Å². The minimum absolute atomic E-state index is 0.00569. The van der Waals surface area contributed by atoms with E-state index in [1.165, 1.54) is 36.4 Å². The van der Waals surface area contributed by atoms with Crippen molar-refractivity contribution < 1.29 is 22.0 Å². The molecule has 0 nitrogen and oxygen atoms in total. The fourth-order valence-corrected chi connectivity index (χ4v) is 4.19. The van der Waals surface area contributed by atoms with Gasteiger partial charge in [-0.05, 0) is 84.7 Å². The highest BCUT2D eigenvalue weighted by atomic mass is 19.2. The van der Waals surface area contributed by atoms with Crippen molar-refractivity contribution in [2.24, 2.45) is 0 Å². The lowest BCUT2D eigenvalue weighted by atomic mass is 9.99. The first-order chi connectivity index (χ1) is 17.4. The lowest BCUT2D eigenvalue weighted by molar-refractivity contribution is 0.517. The zero-order valence-electron chi connectivity index (χ0n) is 19.9. The zero-order valence-corrected chi connectivity index (χ0v) is 19.9. The molecular formula is C31H25F5. The first-order valence-corrected chi connectivity index (χ1v) is 12.0. The molecule has 0 fully saturated rings. The summed E-state index contributed by atoms with van der Waals surface area (Å²) in [5, 5.41) is 0.639. The summed E-state index contributed by atoms with van der Waals surface area (Å²) >= 11 is 0. The Morgan fingerprint density at radius 3 is 2.08 bits per heavy atom. The van der Waals surface area contributed by atoms with Crippen molar-refractivity contribution >= 4 is 10.8 Å². The number of benzene rings is 4.